The van der Waals surface area contributed by atoms with Crippen LogP contribution in [0.3, 0.4) is 0 Å². The second-order valence-corrected chi connectivity index (χ2v) is 2.67. The van der Waals surface area contributed by atoms with Crippen LogP contribution < -0.4 is 0 Å². The van der Waals surface area contributed by atoms with E-state index < -0.39 is 0 Å². The number of hydrogen-bond donors (Lipinski definition) is 0. The molecule has 0 spiro atoms. The third-order valence-corrected chi connectivity index (χ3v) is 1.51. The Labute approximate surface area is 120 Å². The van der Waals surface area contributed by atoms with Crippen LogP contribution in [0.1, 0.15) is 23.7 Å². The standard InChI is InChI=1S/C10H10O2.K/c1-8(11)7-10(12)9-5-3-2-4-6-9;/h2-6H,7H2,1H3;. The van der Waals surface area contributed by atoms with Crippen LogP contribution in [0, 0.1) is 0 Å². The summed E-state index contributed by atoms with van der Waals surface area (Å²) in [6.45, 7) is 1.42. The third kappa shape index (κ3) is 4.83. The normalized spacial score (nSPS) is 8.69. The molecule has 0 amide bonds. The Kier molecular flexibility index (Phi) is 6.72. The Morgan fingerprint density at radius 2 is 1.69 bits per heavy atom. The molecule has 0 aliphatic carbocycles. The van der Waals surface area contributed by atoms with Crippen molar-refractivity contribution in [3.05, 3.63) is 35.9 Å². The van der Waals surface area contributed by atoms with Gasteiger partial charge in [-0.15, -0.1) is 0 Å². The summed E-state index contributed by atoms with van der Waals surface area (Å²) in [4.78, 5) is 21.8. The first-order valence-electron chi connectivity index (χ1n) is 3.78. The van der Waals surface area contributed by atoms with Gasteiger partial charge < -0.3 is 0 Å². The van der Waals surface area contributed by atoms with Crippen LogP contribution in [0.25, 0.3) is 0 Å². The zero-order chi connectivity index (χ0) is 8.97. The number of ketones is 2. The summed E-state index contributed by atoms with van der Waals surface area (Å²) < 4.78 is 0. The summed E-state index contributed by atoms with van der Waals surface area (Å²) in [7, 11) is 0. The molecule has 0 fully saturated rings. The van der Waals surface area contributed by atoms with Gasteiger partial charge in [-0.1, -0.05) is 30.3 Å². The van der Waals surface area contributed by atoms with Crippen LogP contribution >= 0.6 is 0 Å². The van der Waals surface area contributed by atoms with Crippen LogP contribution in [-0.4, -0.2) is 63.0 Å². The second-order valence-electron chi connectivity index (χ2n) is 2.67. The van der Waals surface area contributed by atoms with Crippen LogP contribution in [0.15, 0.2) is 30.3 Å². The first kappa shape index (κ1) is 13.2. The molecule has 0 N–H and O–H groups in total. The number of hydrogen-bond acceptors (Lipinski definition) is 2. The van der Waals surface area contributed by atoms with E-state index in [0.717, 1.165) is 0 Å². The van der Waals surface area contributed by atoms with E-state index in [-0.39, 0.29) is 69.4 Å². The predicted molar refractivity (Wildman–Crippen MR) is 51.8 cm³/mol. The van der Waals surface area contributed by atoms with Crippen molar-refractivity contribution in [2.75, 3.05) is 0 Å². The van der Waals surface area contributed by atoms with E-state index in [9.17, 15) is 9.59 Å². The number of rotatable bonds is 3. The largest absolute Gasteiger partial charge is 0.300 e. The van der Waals surface area contributed by atoms with E-state index in [4.69, 9.17) is 0 Å². The van der Waals surface area contributed by atoms with E-state index >= 15 is 0 Å². The van der Waals surface area contributed by atoms with E-state index in [0.29, 0.717) is 5.56 Å². The van der Waals surface area contributed by atoms with Crippen LogP contribution in [0.4, 0.5) is 0 Å². The fraction of sp³-hybridized carbons (Fsp3) is 0.200. The minimum atomic E-state index is -0.108. The Morgan fingerprint density at radius 1 is 1.15 bits per heavy atom. The minimum Gasteiger partial charge on any atom is -0.300 e. The molecule has 1 radical (unpaired) electrons. The average molecular weight is 201 g/mol. The molecule has 3 heteroatoms. The molecule has 0 saturated carbocycles. The maximum absolute atomic E-state index is 11.2. The first-order valence-corrected chi connectivity index (χ1v) is 3.78. The number of benzene rings is 1. The molecule has 0 heterocycles. The molecule has 0 aliphatic rings. The van der Waals surface area contributed by atoms with Gasteiger partial charge in [0.05, 0.1) is 6.42 Å². The molecule has 1 rings (SSSR count). The summed E-state index contributed by atoms with van der Waals surface area (Å²) in [5, 5.41) is 0. The van der Waals surface area contributed by atoms with Gasteiger partial charge in [0.25, 0.3) is 0 Å². The number of Topliss-reactive ketones (excluding diaryl/α,β-unsaturated/α-hetero) is 2. The van der Waals surface area contributed by atoms with E-state index in [1.165, 1.54) is 6.92 Å². The van der Waals surface area contributed by atoms with Gasteiger partial charge >= 0.3 is 0 Å². The second kappa shape index (κ2) is 6.62. The summed E-state index contributed by atoms with van der Waals surface area (Å²) in [6, 6.07) is 8.84. The van der Waals surface area contributed by atoms with Crippen LogP contribution in [0.2, 0.25) is 0 Å². The summed E-state index contributed by atoms with van der Waals surface area (Å²) in [5.41, 5.74) is 0.604. The average Bonchev–Trinajstić information content (AvgIpc) is 2.05. The van der Waals surface area contributed by atoms with Crippen molar-refractivity contribution in [3.8, 4) is 0 Å². The minimum absolute atomic E-state index is 0. The van der Waals surface area contributed by atoms with Crippen molar-refractivity contribution >= 4 is 63.0 Å². The smallest absolute Gasteiger partial charge is 0.170 e. The number of carbonyl (C=O) groups excluding carboxylic acids is 2. The van der Waals surface area contributed by atoms with Crippen LogP contribution in [-0.2, 0) is 4.79 Å². The fourth-order valence-electron chi connectivity index (χ4n) is 0.952. The Balaban J connectivity index is 0.00000144. The first-order chi connectivity index (χ1) is 5.70. The third-order valence-electron chi connectivity index (χ3n) is 1.51. The van der Waals surface area contributed by atoms with Gasteiger partial charge in [0.2, 0.25) is 0 Å². The van der Waals surface area contributed by atoms with Crippen molar-refractivity contribution in [1.82, 2.24) is 0 Å². The summed E-state index contributed by atoms with van der Waals surface area (Å²) >= 11 is 0. The topological polar surface area (TPSA) is 34.1 Å². The molecule has 63 valence electrons. The molecule has 0 atom stereocenters. The molecule has 1 aromatic carbocycles. The molecule has 2 nitrogen and oxygen atoms in total. The molecule has 0 aliphatic heterocycles. The molecule has 0 saturated heterocycles. The van der Waals surface area contributed by atoms with Gasteiger partial charge in [0.15, 0.2) is 5.78 Å². The zero-order valence-electron chi connectivity index (χ0n) is 7.91. The fourth-order valence-corrected chi connectivity index (χ4v) is 0.952. The van der Waals surface area contributed by atoms with Crippen molar-refractivity contribution in [3.63, 3.8) is 0 Å². The quantitative estimate of drug-likeness (QED) is 0.421. The molecule has 1 aromatic rings. The molecular weight excluding hydrogens is 191 g/mol. The van der Waals surface area contributed by atoms with Gasteiger partial charge in [0.1, 0.15) is 5.78 Å². The van der Waals surface area contributed by atoms with Crippen LogP contribution in [0.5, 0.6) is 0 Å². The number of carbonyl (C=O) groups is 2. The molecular formula is C10H10KO2. The van der Waals surface area contributed by atoms with E-state index in [1.807, 2.05) is 6.07 Å². The van der Waals surface area contributed by atoms with Crippen molar-refractivity contribution in [1.29, 1.82) is 0 Å². The summed E-state index contributed by atoms with van der Waals surface area (Å²) in [6.07, 6.45) is 0.00398. The van der Waals surface area contributed by atoms with Gasteiger partial charge in [-0.25, -0.2) is 0 Å². The van der Waals surface area contributed by atoms with Gasteiger partial charge in [-0.3, -0.25) is 9.59 Å². The van der Waals surface area contributed by atoms with Crippen molar-refractivity contribution in [2.24, 2.45) is 0 Å². The van der Waals surface area contributed by atoms with Gasteiger partial charge in [-0.05, 0) is 6.92 Å². The molecule has 13 heavy (non-hydrogen) atoms. The predicted octanol–water partition coefficient (Wildman–Crippen LogP) is 1.47. The zero-order valence-corrected chi connectivity index (χ0v) is 11.0. The summed E-state index contributed by atoms with van der Waals surface area (Å²) in [5.74, 6) is -0.202. The molecule has 0 bridgehead atoms. The molecule has 0 aromatic heterocycles. The SMILES string of the molecule is CC(=O)CC(=O)c1ccccc1.[K]. The molecule has 0 unspecified atom stereocenters. The Bertz CT molecular complexity index is 293. The van der Waals surface area contributed by atoms with Crippen molar-refractivity contribution in [2.45, 2.75) is 13.3 Å². The van der Waals surface area contributed by atoms with Crippen molar-refractivity contribution < 1.29 is 9.59 Å². The Morgan fingerprint density at radius 3 is 2.15 bits per heavy atom. The Hall–Kier alpha value is 0.196. The van der Waals surface area contributed by atoms with Gasteiger partial charge in [0, 0.05) is 56.9 Å². The monoisotopic (exact) mass is 201 g/mol. The van der Waals surface area contributed by atoms with E-state index in [2.05, 4.69) is 0 Å². The maximum atomic E-state index is 11.2. The van der Waals surface area contributed by atoms with E-state index in [1.54, 1.807) is 24.3 Å². The maximum Gasteiger partial charge on any atom is 0.170 e. The van der Waals surface area contributed by atoms with Gasteiger partial charge in [-0.2, -0.15) is 0 Å².